The van der Waals surface area contributed by atoms with E-state index in [4.69, 9.17) is 0 Å². The molecule has 0 saturated heterocycles. The molecule has 0 bridgehead atoms. The average Bonchev–Trinajstić information content (AvgIpc) is 2.47. The van der Waals surface area contributed by atoms with E-state index in [-0.39, 0.29) is 5.91 Å². The van der Waals surface area contributed by atoms with Crippen LogP contribution in [0.2, 0.25) is 0 Å². The average molecular weight is 270 g/mol. The van der Waals surface area contributed by atoms with E-state index in [1.807, 2.05) is 26.0 Å². The number of amides is 1. The Kier molecular flexibility index (Phi) is 4.65. The fourth-order valence-corrected chi connectivity index (χ4v) is 1.78. The molecule has 0 radical (unpaired) electrons. The molecular formula is C15H18N4O. The molecule has 2 aromatic heterocycles. The minimum absolute atomic E-state index is 0.184. The number of hydrogen-bond acceptors (Lipinski definition) is 4. The van der Waals surface area contributed by atoms with Gasteiger partial charge in [0.15, 0.2) is 0 Å². The highest BCUT2D eigenvalue weighted by Gasteiger charge is 2.07. The summed E-state index contributed by atoms with van der Waals surface area (Å²) in [4.78, 5) is 20.2. The van der Waals surface area contributed by atoms with Crippen molar-refractivity contribution in [1.82, 2.24) is 15.3 Å². The van der Waals surface area contributed by atoms with Crippen molar-refractivity contribution in [3.63, 3.8) is 0 Å². The van der Waals surface area contributed by atoms with E-state index >= 15 is 0 Å². The van der Waals surface area contributed by atoms with Crippen LogP contribution in [0.25, 0.3) is 0 Å². The van der Waals surface area contributed by atoms with Gasteiger partial charge in [-0.05, 0) is 43.2 Å². The molecule has 1 amide bonds. The van der Waals surface area contributed by atoms with Gasteiger partial charge in [-0.2, -0.15) is 0 Å². The second-order valence-corrected chi connectivity index (χ2v) is 4.45. The summed E-state index contributed by atoms with van der Waals surface area (Å²) in [7, 11) is 0. The van der Waals surface area contributed by atoms with E-state index in [0.29, 0.717) is 12.2 Å². The number of rotatable bonds is 5. The molecule has 0 aromatic carbocycles. The van der Waals surface area contributed by atoms with E-state index in [2.05, 4.69) is 20.6 Å². The molecule has 0 spiro atoms. The highest BCUT2D eigenvalue weighted by atomic mass is 16.1. The molecular weight excluding hydrogens is 252 g/mol. The summed E-state index contributed by atoms with van der Waals surface area (Å²) in [5, 5.41) is 5.98. The van der Waals surface area contributed by atoms with Gasteiger partial charge in [0.05, 0.1) is 11.9 Å². The lowest BCUT2D eigenvalue weighted by Crippen LogP contribution is -2.24. The van der Waals surface area contributed by atoms with Gasteiger partial charge in [-0.15, -0.1) is 0 Å². The van der Waals surface area contributed by atoms with Gasteiger partial charge in [0.25, 0.3) is 5.91 Å². The third kappa shape index (κ3) is 3.54. The normalized spacial score (nSPS) is 10.1. The number of carbonyl (C=O) groups excluding carboxylic acids is 1. The Bertz CT molecular complexity index is 581. The first-order valence-electron chi connectivity index (χ1n) is 6.58. The summed E-state index contributed by atoms with van der Waals surface area (Å²) in [5.41, 5.74) is 3.43. The molecule has 5 nitrogen and oxygen atoms in total. The molecule has 0 atom stereocenters. The molecule has 20 heavy (non-hydrogen) atoms. The highest BCUT2D eigenvalue weighted by molar-refractivity contribution is 5.92. The molecule has 0 fully saturated rings. The van der Waals surface area contributed by atoms with Crippen molar-refractivity contribution in [1.29, 1.82) is 0 Å². The third-order valence-electron chi connectivity index (χ3n) is 2.96. The molecule has 104 valence electrons. The minimum atomic E-state index is -0.184. The predicted octanol–water partition coefficient (Wildman–Crippen LogP) is 2.15. The Balaban J connectivity index is 1.96. The van der Waals surface area contributed by atoms with Crippen molar-refractivity contribution in [2.75, 3.05) is 11.9 Å². The maximum atomic E-state index is 12.0. The van der Waals surface area contributed by atoms with Crippen LogP contribution in [0.3, 0.4) is 0 Å². The van der Waals surface area contributed by atoms with Crippen molar-refractivity contribution >= 4 is 11.6 Å². The van der Waals surface area contributed by atoms with Gasteiger partial charge in [-0.1, -0.05) is 0 Å². The largest absolute Gasteiger partial charge is 0.384 e. The lowest BCUT2D eigenvalue weighted by Gasteiger charge is -2.07. The fourth-order valence-electron chi connectivity index (χ4n) is 1.78. The van der Waals surface area contributed by atoms with Crippen LogP contribution >= 0.6 is 0 Å². The number of aromatic nitrogens is 2. The van der Waals surface area contributed by atoms with Crippen LogP contribution in [-0.4, -0.2) is 22.4 Å². The zero-order valence-electron chi connectivity index (χ0n) is 11.7. The maximum Gasteiger partial charge on any atom is 0.270 e. The zero-order chi connectivity index (χ0) is 14.4. The monoisotopic (exact) mass is 270 g/mol. The van der Waals surface area contributed by atoms with Crippen LogP contribution in [0.1, 0.15) is 28.5 Å². The van der Waals surface area contributed by atoms with E-state index < -0.39 is 0 Å². The summed E-state index contributed by atoms with van der Waals surface area (Å²) in [5.74, 6) is -0.184. The van der Waals surface area contributed by atoms with Gasteiger partial charge in [0.2, 0.25) is 0 Å². The number of hydrogen-bond donors (Lipinski definition) is 2. The van der Waals surface area contributed by atoms with Gasteiger partial charge >= 0.3 is 0 Å². The second-order valence-electron chi connectivity index (χ2n) is 4.45. The molecule has 2 N–H and O–H groups in total. The molecule has 0 saturated carbocycles. The lowest BCUT2D eigenvalue weighted by molar-refractivity contribution is 0.0946. The molecule has 5 heteroatoms. The first-order chi connectivity index (χ1) is 9.70. The predicted molar refractivity (Wildman–Crippen MR) is 78.5 cm³/mol. The van der Waals surface area contributed by atoms with Crippen LogP contribution in [-0.2, 0) is 6.54 Å². The fraction of sp³-hybridized carbons (Fsp3) is 0.267. The topological polar surface area (TPSA) is 66.9 Å². The van der Waals surface area contributed by atoms with Gasteiger partial charge in [0.1, 0.15) is 5.69 Å². The summed E-state index contributed by atoms with van der Waals surface area (Å²) in [6.45, 7) is 5.28. The Morgan fingerprint density at radius 2 is 2.10 bits per heavy atom. The van der Waals surface area contributed by atoms with Crippen LogP contribution in [0.15, 0.2) is 36.8 Å². The van der Waals surface area contributed by atoms with Crippen molar-refractivity contribution in [2.45, 2.75) is 20.4 Å². The third-order valence-corrected chi connectivity index (χ3v) is 2.96. The second kappa shape index (κ2) is 6.65. The van der Waals surface area contributed by atoms with E-state index in [1.54, 1.807) is 24.7 Å². The Hall–Kier alpha value is -2.43. The number of nitrogens with one attached hydrogen (secondary N) is 2. The molecule has 0 aliphatic heterocycles. The van der Waals surface area contributed by atoms with Gasteiger partial charge in [-0.3, -0.25) is 9.78 Å². The van der Waals surface area contributed by atoms with Crippen LogP contribution in [0.4, 0.5) is 5.69 Å². The Morgan fingerprint density at radius 3 is 2.75 bits per heavy atom. The van der Waals surface area contributed by atoms with Gasteiger partial charge in [-0.25, -0.2) is 4.98 Å². The van der Waals surface area contributed by atoms with Crippen molar-refractivity contribution in [2.24, 2.45) is 0 Å². The van der Waals surface area contributed by atoms with E-state index in [1.165, 1.54) is 0 Å². The maximum absolute atomic E-state index is 12.0. The zero-order valence-corrected chi connectivity index (χ0v) is 11.7. The van der Waals surface area contributed by atoms with Crippen molar-refractivity contribution in [3.05, 3.63) is 53.6 Å². The van der Waals surface area contributed by atoms with Crippen LogP contribution in [0, 0.1) is 6.92 Å². The first kappa shape index (κ1) is 14.0. The summed E-state index contributed by atoms with van der Waals surface area (Å²) in [6.07, 6.45) is 5.16. The van der Waals surface area contributed by atoms with Crippen molar-refractivity contribution < 1.29 is 4.79 Å². The molecule has 0 unspecified atom stereocenters. The minimum Gasteiger partial charge on any atom is -0.384 e. The Morgan fingerprint density at radius 1 is 1.25 bits per heavy atom. The quantitative estimate of drug-likeness (QED) is 0.873. The molecule has 2 aromatic rings. The van der Waals surface area contributed by atoms with E-state index in [0.717, 1.165) is 23.4 Å². The number of anilines is 1. The van der Waals surface area contributed by atoms with Gasteiger partial charge < -0.3 is 10.6 Å². The summed E-state index contributed by atoms with van der Waals surface area (Å²) >= 11 is 0. The van der Waals surface area contributed by atoms with E-state index in [9.17, 15) is 4.79 Å². The molecule has 2 heterocycles. The molecule has 2 rings (SSSR count). The SMILES string of the molecule is CCNc1ccc(C(=O)NCc2cnccc2C)nc1. The lowest BCUT2D eigenvalue weighted by atomic mass is 10.1. The summed E-state index contributed by atoms with van der Waals surface area (Å²) < 4.78 is 0. The number of pyridine rings is 2. The summed E-state index contributed by atoms with van der Waals surface area (Å²) in [6, 6.07) is 5.48. The van der Waals surface area contributed by atoms with Crippen LogP contribution in [0.5, 0.6) is 0 Å². The number of carbonyl (C=O) groups is 1. The first-order valence-corrected chi connectivity index (χ1v) is 6.58. The highest BCUT2D eigenvalue weighted by Crippen LogP contribution is 2.07. The molecule has 0 aliphatic rings. The Labute approximate surface area is 118 Å². The smallest absolute Gasteiger partial charge is 0.270 e. The van der Waals surface area contributed by atoms with Crippen molar-refractivity contribution in [3.8, 4) is 0 Å². The van der Waals surface area contributed by atoms with Crippen LogP contribution < -0.4 is 10.6 Å². The number of aryl methyl sites for hydroxylation is 1. The number of nitrogens with zero attached hydrogens (tertiary/aromatic N) is 2. The van der Waals surface area contributed by atoms with Gasteiger partial charge in [0, 0.05) is 25.5 Å². The standard InChI is InChI=1S/C15H18N4O/c1-3-17-13-4-5-14(18-10-13)15(20)19-9-12-8-16-7-6-11(12)2/h4-8,10,17H,3,9H2,1-2H3,(H,19,20). The molecule has 0 aliphatic carbocycles.